The van der Waals surface area contributed by atoms with Gasteiger partial charge < -0.3 is 18.8 Å². The predicted molar refractivity (Wildman–Crippen MR) is 435 cm³/mol. The maximum absolute atomic E-state index is 7.00. The zero-order valence-electron chi connectivity index (χ0n) is 56.1. The van der Waals surface area contributed by atoms with E-state index in [1.54, 1.807) is 0 Å². The summed E-state index contributed by atoms with van der Waals surface area (Å²) in [6.45, 7) is -0.319. The molecule has 103 heavy (non-hydrogen) atoms. The van der Waals surface area contributed by atoms with Crippen molar-refractivity contribution in [3.8, 4) is 83.6 Å². The van der Waals surface area contributed by atoms with Gasteiger partial charge in [-0.2, -0.15) is 0 Å². The Morgan fingerprint density at radius 3 is 1.13 bits per heavy atom. The second-order valence-corrected chi connectivity index (χ2v) is 27.3. The van der Waals surface area contributed by atoms with Crippen molar-refractivity contribution in [3.05, 3.63) is 376 Å². The van der Waals surface area contributed by atoms with Crippen LogP contribution in [0.4, 0.5) is 34.1 Å². The SMILES string of the molecule is c1ccc(-c2cccc(-c3ccccc3)c2N2c3ccc(-c4cccc5c4oc4ccccc45)cc3B3c4ccc(-c5c6ccccc6c(-c6ccccc6)c6ccccc56)cc4N(c4c(-c5ccccc5)cccc4-c4ccccc4)c4cc(-n5c6ccccc6c6ccccc65)cc2c43)cc1. The maximum atomic E-state index is 7.00. The summed E-state index contributed by atoms with van der Waals surface area (Å²) in [6, 6.07) is 140. The summed E-state index contributed by atoms with van der Waals surface area (Å²) in [7, 11) is 0. The Bertz CT molecular complexity index is 6400. The van der Waals surface area contributed by atoms with E-state index in [0.29, 0.717) is 0 Å². The largest absolute Gasteiger partial charge is 0.455 e. The first-order valence-electron chi connectivity index (χ1n) is 35.6. The highest BCUT2D eigenvalue weighted by Gasteiger charge is 2.46. The quantitative estimate of drug-likeness (QED) is 0.101. The molecule has 0 unspecified atom stereocenters. The van der Waals surface area contributed by atoms with Gasteiger partial charge in [0.1, 0.15) is 11.2 Å². The number of benzene rings is 17. The van der Waals surface area contributed by atoms with Crippen molar-refractivity contribution in [2.75, 3.05) is 9.80 Å². The number of para-hydroxylation sites is 6. The zero-order chi connectivity index (χ0) is 67.6. The predicted octanol–water partition coefficient (Wildman–Crippen LogP) is 24.7. The molecule has 0 fully saturated rings. The lowest BCUT2D eigenvalue weighted by atomic mass is 9.33. The smallest absolute Gasteiger partial charge is 0.252 e. The van der Waals surface area contributed by atoms with Crippen molar-refractivity contribution >= 4 is 123 Å². The van der Waals surface area contributed by atoms with Gasteiger partial charge in [-0.15, -0.1) is 0 Å². The summed E-state index contributed by atoms with van der Waals surface area (Å²) in [4.78, 5) is 5.35. The Morgan fingerprint density at radius 2 is 0.621 bits per heavy atom. The van der Waals surface area contributed by atoms with Crippen LogP contribution in [0.25, 0.3) is 149 Å². The van der Waals surface area contributed by atoms with E-state index in [4.69, 9.17) is 4.42 Å². The molecule has 0 atom stereocenters. The average molecular weight is 1310 g/mol. The lowest BCUT2D eigenvalue weighted by molar-refractivity contribution is 0.670. The number of fused-ring (bicyclic) bond motifs is 12. The summed E-state index contributed by atoms with van der Waals surface area (Å²) in [5, 5.41) is 9.40. The van der Waals surface area contributed by atoms with Gasteiger partial charge in [0.25, 0.3) is 6.71 Å². The number of hydrogen-bond acceptors (Lipinski definition) is 3. The highest BCUT2D eigenvalue weighted by molar-refractivity contribution is 7.00. The van der Waals surface area contributed by atoms with Crippen molar-refractivity contribution in [1.82, 2.24) is 4.57 Å². The minimum Gasteiger partial charge on any atom is -0.455 e. The van der Waals surface area contributed by atoms with E-state index in [2.05, 4.69) is 390 Å². The van der Waals surface area contributed by atoms with Gasteiger partial charge in [0.2, 0.25) is 0 Å². The monoisotopic (exact) mass is 1310 g/mol. The molecule has 0 saturated heterocycles. The van der Waals surface area contributed by atoms with Crippen LogP contribution in [-0.4, -0.2) is 11.3 Å². The number of anilines is 6. The minimum atomic E-state index is -0.319. The average Bonchev–Trinajstić information content (AvgIpc) is 0.942. The molecule has 0 aliphatic carbocycles. The zero-order valence-corrected chi connectivity index (χ0v) is 56.1. The van der Waals surface area contributed by atoms with E-state index in [0.717, 1.165) is 134 Å². The number of furan rings is 1. The van der Waals surface area contributed by atoms with Crippen LogP contribution in [0.15, 0.2) is 381 Å². The fourth-order valence-corrected chi connectivity index (χ4v) is 17.4. The third-order valence-electron chi connectivity index (χ3n) is 21.7. The van der Waals surface area contributed by atoms with Gasteiger partial charge in [-0.3, -0.25) is 0 Å². The van der Waals surface area contributed by atoms with Crippen molar-refractivity contribution in [2.45, 2.75) is 0 Å². The molecule has 2 aromatic heterocycles. The summed E-state index contributed by atoms with van der Waals surface area (Å²) in [5.74, 6) is 0. The highest BCUT2D eigenvalue weighted by atomic mass is 16.3. The number of rotatable bonds is 10. The molecular weight excluding hydrogens is 1250 g/mol. The summed E-state index contributed by atoms with van der Waals surface area (Å²) in [5.41, 5.74) is 31.0. The Kier molecular flexibility index (Phi) is 13.4. The number of nitrogens with zero attached hydrogens (tertiary/aromatic N) is 3. The Morgan fingerprint density at radius 1 is 0.233 bits per heavy atom. The topological polar surface area (TPSA) is 24.6 Å². The van der Waals surface area contributed by atoms with E-state index in [9.17, 15) is 0 Å². The fourth-order valence-electron chi connectivity index (χ4n) is 17.4. The number of hydrogen-bond donors (Lipinski definition) is 0. The molecule has 0 saturated carbocycles. The molecule has 17 aromatic carbocycles. The van der Waals surface area contributed by atoms with Crippen LogP contribution in [0, 0.1) is 0 Å². The molecule has 5 heteroatoms. The van der Waals surface area contributed by atoms with E-state index in [1.165, 1.54) is 65.4 Å². The molecular formula is C98H62BN3O. The van der Waals surface area contributed by atoms with Crippen molar-refractivity contribution < 1.29 is 4.42 Å². The van der Waals surface area contributed by atoms with Crippen LogP contribution in [0.5, 0.6) is 0 Å². The van der Waals surface area contributed by atoms with Crippen LogP contribution in [0.3, 0.4) is 0 Å². The Balaban J connectivity index is 0.955. The van der Waals surface area contributed by atoms with Crippen molar-refractivity contribution in [3.63, 3.8) is 0 Å². The summed E-state index contributed by atoms with van der Waals surface area (Å²) < 4.78 is 9.52. The molecule has 21 rings (SSSR count). The second kappa shape index (κ2) is 23.6. The van der Waals surface area contributed by atoms with Gasteiger partial charge in [0.15, 0.2) is 0 Å². The van der Waals surface area contributed by atoms with Gasteiger partial charge in [-0.25, -0.2) is 0 Å². The molecule has 0 amide bonds. The lowest BCUT2D eigenvalue weighted by Crippen LogP contribution is -2.61. The van der Waals surface area contributed by atoms with E-state index in [-0.39, 0.29) is 6.71 Å². The molecule has 0 radical (unpaired) electrons. The molecule has 2 aliphatic heterocycles. The van der Waals surface area contributed by atoms with Crippen LogP contribution < -0.4 is 26.2 Å². The molecule has 0 N–H and O–H groups in total. The van der Waals surface area contributed by atoms with Gasteiger partial charge in [-0.1, -0.05) is 334 Å². The lowest BCUT2D eigenvalue weighted by Gasteiger charge is -2.46. The highest BCUT2D eigenvalue weighted by Crippen LogP contribution is 2.55. The Labute approximate surface area is 597 Å². The molecule has 4 nitrogen and oxygen atoms in total. The molecule has 0 bridgehead atoms. The summed E-state index contributed by atoms with van der Waals surface area (Å²) in [6.07, 6.45) is 0. The fraction of sp³-hybridized carbons (Fsp3) is 0. The Hall–Kier alpha value is -13.5. The van der Waals surface area contributed by atoms with Crippen LogP contribution in [0.2, 0.25) is 0 Å². The van der Waals surface area contributed by atoms with Crippen LogP contribution in [0.1, 0.15) is 0 Å². The van der Waals surface area contributed by atoms with Crippen molar-refractivity contribution in [2.24, 2.45) is 0 Å². The van der Waals surface area contributed by atoms with E-state index < -0.39 is 0 Å². The van der Waals surface area contributed by atoms with Gasteiger partial charge in [-0.05, 0) is 130 Å². The van der Waals surface area contributed by atoms with Gasteiger partial charge in [0, 0.05) is 72.1 Å². The van der Waals surface area contributed by atoms with Crippen LogP contribution in [-0.2, 0) is 0 Å². The third-order valence-corrected chi connectivity index (χ3v) is 21.7. The first-order valence-corrected chi connectivity index (χ1v) is 35.6. The third kappa shape index (κ3) is 9.12. The first-order chi connectivity index (χ1) is 51.2. The normalized spacial score (nSPS) is 12.4. The summed E-state index contributed by atoms with van der Waals surface area (Å²) >= 11 is 0. The molecule has 478 valence electrons. The second-order valence-electron chi connectivity index (χ2n) is 27.3. The van der Waals surface area contributed by atoms with E-state index in [1.807, 2.05) is 0 Å². The standard InChI is InChI=1S/C98H62BN3O/c1-6-29-63(30-7-1)71-46-26-47-72(64-31-8-2-9-32-64)96(71)101-88-58-56-68(75-50-28-51-83-78-41-22-25-54-92(78)103-98(75)83)59-85(88)99-84-57-55-69(94-81-44-18-16-42-79(81)93(67-37-14-5-15-38-67)80-43-17-19-45-82(80)94)60-89(84)102(97-73(65-33-10-3-11-34-65)48-27-49-74(97)66-35-12-4-13-36-66)91-62-70(61-90(101)95(91)99)100-86-52-23-20-39-76(86)77-40-21-24-53-87(77)100/h1-62H. The molecule has 0 spiro atoms. The van der Waals surface area contributed by atoms with E-state index >= 15 is 0 Å². The number of aromatic nitrogens is 1. The van der Waals surface area contributed by atoms with Crippen molar-refractivity contribution in [1.29, 1.82) is 0 Å². The molecule has 4 heterocycles. The van der Waals surface area contributed by atoms with Gasteiger partial charge in [0.05, 0.1) is 28.1 Å². The molecule has 19 aromatic rings. The minimum absolute atomic E-state index is 0.319. The maximum Gasteiger partial charge on any atom is 0.252 e. The first kappa shape index (κ1) is 58.5. The van der Waals surface area contributed by atoms with Crippen LogP contribution >= 0.6 is 0 Å². The van der Waals surface area contributed by atoms with Gasteiger partial charge >= 0.3 is 0 Å². The molecule has 2 aliphatic rings.